The van der Waals surface area contributed by atoms with Crippen LogP contribution in [0.25, 0.3) is 11.0 Å². The molecule has 0 fully saturated rings. The van der Waals surface area contributed by atoms with E-state index in [2.05, 4.69) is 0 Å². The minimum atomic E-state index is -0.553. The molecule has 0 saturated heterocycles. The number of aryl methyl sites for hydroxylation is 1. The summed E-state index contributed by atoms with van der Waals surface area (Å²) in [6.45, 7) is 9.53. The number of hydrogen-bond acceptors (Lipinski definition) is 6. The number of carbonyl (C=O) groups excluding carboxylic acids is 2. The summed E-state index contributed by atoms with van der Waals surface area (Å²) in [5.41, 5.74) is 2.12. The number of benzene rings is 2. The highest BCUT2D eigenvalue weighted by Crippen LogP contribution is 2.23. The molecule has 0 saturated carbocycles. The van der Waals surface area contributed by atoms with Gasteiger partial charge in [0, 0.05) is 29.6 Å². The van der Waals surface area contributed by atoms with Gasteiger partial charge in [-0.2, -0.15) is 0 Å². The van der Waals surface area contributed by atoms with Crippen LogP contribution in [0.4, 0.5) is 0 Å². The van der Waals surface area contributed by atoms with Crippen molar-refractivity contribution in [3.05, 3.63) is 75.6 Å². The topological polar surface area (TPSA) is 86.0 Å². The lowest BCUT2D eigenvalue weighted by Crippen LogP contribution is -2.44. The molecule has 33 heavy (non-hydrogen) atoms. The van der Waals surface area contributed by atoms with E-state index in [9.17, 15) is 14.4 Å². The standard InChI is InChI=1S/C26H29NO6/c1-16(2)27(17(3)4)24(28)15-32-26(30)20-8-6-19(7-9-20)14-31-21-10-11-22-18(5)12-25(29)33-23(22)13-21/h6-13,16-17H,14-15H2,1-5H3. The third-order valence-electron chi connectivity index (χ3n) is 5.25. The van der Waals surface area contributed by atoms with E-state index in [1.165, 1.54) is 6.07 Å². The number of amides is 1. The zero-order chi connectivity index (χ0) is 24.1. The predicted molar refractivity (Wildman–Crippen MR) is 125 cm³/mol. The number of ether oxygens (including phenoxy) is 2. The molecule has 0 aliphatic carbocycles. The molecule has 3 rings (SSSR count). The highest BCUT2D eigenvalue weighted by Gasteiger charge is 2.21. The Morgan fingerprint density at radius 2 is 1.64 bits per heavy atom. The molecule has 0 N–H and O–H groups in total. The molecule has 0 atom stereocenters. The summed E-state index contributed by atoms with van der Waals surface area (Å²) in [5.74, 6) is -0.207. The predicted octanol–water partition coefficient (Wildman–Crippen LogP) is 4.48. The monoisotopic (exact) mass is 451 g/mol. The summed E-state index contributed by atoms with van der Waals surface area (Å²) in [6, 6.07) is 13.7. The normalized spacial score (nSPS) is 11.1. The zero-order valence-electron chi connectivity index (χ0n) is 19.6. The van der Waals surface area contributed by atoms with Crippen LogP contribution in [0.2, 0.25) is 0 Å². The van der Waals surface area contributed by atoms with Crippen LogP contribution in [0.1, 0.15) is 49.2 Å². The average molecular weight is 452 g/mol. The van der Waals surface area contributed by atoms with Gasteiger partial charge in [-0.05, 0) is 70.0 Å². The smallest absolute Gasteiger partial charge is 0.338 e. The van der Waals surface area contributed by atoms with Gasteiger partial charge in [-0.1, -0.05) is 12.1 Å². The fourth-order valence-corrected chi connectivity index (χ4v) is 3.76. The van der Waals surface area contributed by atoms with E-state index in [-0.39, 0.29) is 31.2 Å². The average Bonchev–Trinajstić information content (AvgIpc) is 2.75. The van der Waals surface area contributed by atoms with Crippen LogP contribution >= 0.6 is 0 Å². The molecule has 1 amide bonds. The van der Waals surface area contributed by atoms with E-state index in [1.807, 2.05) is 46.8 Å². The molecule has 3 aromatic rings. The molecule has 0 unspecified atom stereocenters. The Morgan fingerprint density at radius 1 is 0.970 bits per heavy atom. The van der Waals surface area contributed by atoms with Crippen molar-refractivity contribution in [2.24, 2.45) is 0 Å². The first-order valence-electron chi connectivity index (χ1n) is 10.9. The lowest BCUT2D eigenvalue weighted by molar-refractivity contribution is -0.138. The first kappa shape index (κ1) is 24.0. The summed E-state index contributed by atoms with van der Waals surface area (Å²) in [5, 5.41) is 0.855. The molecule has 0 spiro atoms. The van der Waals surface area contributed by atoms with Crippen molar-refractivity contribution >= 4 is 22.8 Å². The molecule has 7 nitrogen and oxygen atoms in total. The van der Waals surface area contributed by atoms with Gasteiger partial charge in [-0.3, -0.25) is 4.79 Å². The van der Waals surface area contributed by atoms with E-state index in [0.29, 0.717) is 16.9 Å². The summed E-state index contributed by atoms with van der Waals surface area (Å²) in [6.07, 6.45) is 0. The van der Waals surface area contributed by atoms with Crippen LogP contribution < -0.4 is 10.4 Å². The van der Waals surface area contributed by atoms with Crippen LogP contribution in [-0.4, -0.2) is 35.5 Å². The van der Waals surface area contributed by atoms with Crippen LogP contribution in [0, 0.1) is 6.92 Å². The van der Waals surface area contributed by atoms with E-state index in [1.54, 1.807) is 35.2 Å². The second-order valence-electron chi connectivity index (χ2n) is 8.46. The van der Waals surface area contributed by atoms with Crippen molar-refractivity contribution in [2.45, 2.75) is 53.3 Å². The minimum Gasteiger partial charge on any atom is -0.489 e. The van der Waals surface area contributed by atoms with Crippen LogP contribution in [0.15, 0.2) is 57.7 Å². The van der Waals surface area contributed by atoms with Gasteiger partial charge in [0.1, 0.15) is 17.9 Å². The highest BCUT2D eigenvalue weighted by atomic mass is 16.5. The number of hydrogen-bond donors (Lipinski definition) is 0. The van der Waals surface area contributed by atoms with Gasteiger partial charge in [0.15, 0.2) is 6.61 Å². The lowest BCUT2D eigenvalue weighted by atomic mass is 10.1. The van der Waals surface area contributed by atoms with Crippen LogP contribution in [-0.2, 0) is 16.1 Å². The molecule has 2 aromatic carbocycles. The van der Waals surface area contributed by atoms with E-state index < -0.39 is 11.6 Å². The van der Waals surface area contributed by atoms with Gasteiger partial charge >= 0.3 is 11.6 Å². The molecule has 0 aliphatic rings. The van der Waals surface area contributed by atoms with E-state index in [4.69, 9.17) is 13.9 Å². The quantitative estimate of drug-likeness (QED) is 0.371. The third kappa shape index (κ3) is 6.00. The minimum absolute atomic E-state index is 0.0261. The number of carbonyl (C=O) groups is 2. The van der Waals surface area contributed by atoms with E-state index in [0.717, 1.165) is 16.5 Å². The fourth-order valence-electron chi connectivity index (χ4n) is 3.76. The Morgan fingerprint density at radius 3 is 2.27 bits per heavy atom. The second-order valence-corrected chi connectivity index (χ2v) is 8.46. The van der Waals surface area contributed by atoms with Crippen LogP contribution in [0.3, 0.4) is 0 Å². The molecular weight excluding hydrogens is 422 g/mol. The molecule has 174 valence electrons. The van der Waals surface area contributed by atoms with Gasteiger partial charge in [-0.25, -0.2) is 9.59 Å². The summed E-state index contributed by atoms with van der Waals surface area (Å²) in [4.78, 5) is 38.0. The Hall–Kier alpha value is -3.61. The van der Waals surface area contributed by atoms with Crippen molar-refractivity contribution in [3.8, 4) is 5.75 Å². The maximum absolute atomic E-state index is 12.4. The SMILES string of the molecule is Cc1cc(=O)oc2cc(OCc3ccc(C(=O)OCC(=O)N(C(C)C)C(C)C)cc3)ccc12. The molecule has 1 heterocycles. The van der Waals surface area contributed by atoms with Crippen molar-refractivity contribution in [3.63, 3.8) is 0 Å². The van der Waals surface area contributed by atoms with Crippen LogP contribution in [0.5, 0.6) is 5.75 Å². The van der Waals surface area contributed by atoms with Gasteiger partial charge < -0.3 is 18.8 Å². The maximum Gasteiger partial charge on any atom is 0.338 e. The summed E-state index contributed by atoms with van der Waals surface area (Å²) >= 11 is 0. The number of esters is 1. The summed E-state index contributed by atoms with van der Waals surface area (Å²) < 4.78 is 16.2. The highest BCUT2D eigenvalue weighted by molar-refractivity contribution is 5.91. The molecule has 7 heteroatoms. The Balaban J connectivity index is 1.58. The number of rotatable bonds is 8. The first-order chi connectivity index (χ1) is 15.7. The first-order valence-corrected chi connectivity index (χ1v) is 10.9. The van der Waals surface area contributed by atoms with Gasteiger partial charge in [0.2, 0.25) is 0 Å². The molecule has 0 aliphatic heterocycles. The van der Waals surface area contributed by atoms with Gasteiger partial charge in [0.25, 0.3) is 5.91 Å². The zero-order valence-corrected chi connectivity index (χ0v) is 19.6. The Labute approximate surface area is 192 Å². The van der Waals surface area contributed by atoms with Crippen molar-refractivity contribution in [1.82, 2.24) is 4.90 Å². The third-order valence-corrected chi connectivity index (χ3v) is 5.25. The molecule has 0 bridgehead atoms. The van der Waals surface area contributed by atoms with E-state index >= 15 is 0 Å². The second kappa shape index (κ2) is 10.3. The molecule has 0 radical (unpaired) electrons. The largest absolute Gasteiger partial charge is 0.489 e. The van der Waals surface area contributed by atoms with Crippen molar-refractivity contribution in [1.29, 1.82) is 0 Å². The van der Waals surface area contributed by atoms with Crippen molar-refractivity contribution in [2.75, 3.05) is 6.61 Å². The molecule has 1 aromatic heterocycles. The van der Waals surface area contributed by atoms with Gasteiger partial charge in [0.05, 0.1) is 5.56 Å². The fraction of sp³-hybridized carbons (Fsp3) is 0.346. The summed E-state index contributed by atoms with van der Waals surface area (Å²) in [7, 11) is 0. The lowest BCUT2D eigenvalue weighted by Gasteiger charge is -2.30. The Bertz CT molecular complexity index is 1190. The number of nitrogens with zero attached hydrogens (tertiary/aromatic N) is 1. The number of fused-ring (bicyclic) bond motifs is 1. The van der Waals surface area contributed by atoms with Gasteiger partial charge in [-0.15, -0.1) is 0 Å². The Kier molecular flexibility index (Phi) is 7.53. The molecular formula is C26H29NO6. The maximum atomic E-state index is 12.4. The van der Waals surface area contributed by atoms with Crippen molar-refractivity contribution < 1.29 is 23.5 Å².